The van der Waals surface area contributed by atoms with Gasteiger partial charge in [-0.2, -0.15) is 0 Å². The SMILES string of the molecule is Cl.NC1CCCC(C(=O)Nc2ccc(OCC3CC3)cc2)C1. The van der Waals surface area contributed by atoms with Gasteiger partial charge in [0.05, 0.1) is 6.61 Å². The van der Waals surface area contributed by atoms with E-state index >= 15 is 0 Å². The summed E-state index contributed by atoms with van der Waals surface area (Å²) in [5.41, 5.74) is 6.77. The van der Waals surface area contributed by atoms with Crippen LogP contribution in [0.3, 0.4) is 0 Å². The third-order valence-corrected chi connectivity index (χ3v) is 4.39. The van der Waals surface area contributed by atoms with Gasteiger partial charge in [-0.3, -0.25) is 4.79 Å². The molecular weight excluding hydrogens is 300 g/mol. The number of amides is 1. The predicted molar refractivity (Wildman–Crippen MR) is 90.5 cm³/mol. The number of anilines is 1. The first-order chi connectivity index (χ1) is 10.2. The van der Waals surface area contributed by atoms with E-state index < -0.39 is 0 Å². The second kappa shape index (κ2) is 7.84. The molecule has 2 saturated carbocycles. The molecule has 2 atom stereocenters. The zero-order chi connectivity index (χ0) is 14.7. The summed E-state index contributed by atoms with van der Waals surface area (Å²) in [6.07, 6.45) is 6.41. The fourth-order valence-corrected chi connectivity index (χ4v) is 2.84. The minimum atomic E-state index is 0. The number of carbonyl (C=O) groups excluding carboxylic acids is 1. The van der Waals surface area contributed by atoms with Gasteiger partial charge >= 0.3 is 0 Å². The highest BCUT2D eigenvalue weighted by atomic mass is 35.5. The largest absolute Gasteiger partial charge is 0.493 e. The van der Waals surface area contributed by atoms with E-state index in [9.17, 15) is 4.79 Å². The molecule has 3 rings (SSSR count). The van der Waals surface area contributed by atoms with Crippen LogP contribution in [0.4, 0.5) is 5.69 Å². The first-order valence-electron chi connectivity index (χ1n) is 8.00. The molecule has 0 radical (unpaired) electrons. The van der Waals surface area contributed by atoms with Crippen molar-refractivity contribution < 1.29 is 9.53 Å². The smallest absolute Gasteiger partial charge is 0.227 e. The Balaban J connectivity index is 0.00000176. The topological polar surface area (TPSA) is 64.4 Å². The van der Waals surface area contributed by atoms with E-state index in [1.54, 1.807) is 0 Å². The molecule has 1 amide bonds. The maximum absolute atomic E-state index is 12.2. The van der Waals surface area contributed by atoms with Crippen molar-refractivity contribution in [1.29, 1.82) is 0 Å². The summed E-state index contributed by atoms with van der Waals surface area (Å²) >= 11 is 0. The molecule has 2 unspecified atom stereocenters. The Hall–Kier alpha value is -1.26. The average molecular weight is 325 g/mol. The summed E-state index contributed by atoms with van der Waals surface area (Å²) in [5, 5.41) is 2.99. The molecule has 1 aromatic rings. The van der Waals surface area contributed by atoms with Gasteiger partial charge in [-0.1, -0.05) is 6.42 Å². The molecule has 2 aliphatic carbocycles. The fourth-order valence-electron chi connectivity index (χ4n) is 2.84. The molecule has 0 saturated heterocycles. The number of nitrogens with one attached hydrogen (secondary N) is 1. The molecule has 3 N–H and O–H groups in total. The van der Waals surface area contributed by atoms with Gasteiger partial charge in [0.25, 0.3) is 0 Å². The Kier molecular flexibility index (Phi) is 6.09. The van der Waals surface area contributed by atoms with Gasteiger partial charge in [0.2, 0.25) is 5.91 Å². The van der Waals surface area contributed by atoms with Crippen molar-refractivity contribution in [3.05, 3.63) is 24.3 Å². The van der Waals surface area contributed by atoms with E-state index in [0.717, 1.165) is 49.6 Å². The van der Waals surface area contributed by atoms with Gasteiger partial charge in [-0.25, -0.2) is 0 Å². The number of nitrogens with two attached hydrogens (primary N) is 1. The Morgan fingerprint density at radius 2 is 1.91 bits per heavy atom. The summed E-state index contributed by atoms with van der Waals surface area (Å²) < 4.78 is 5.69. The van der Waals surface area contributed by atoms with Crippen molar-refractivity contribution in [2.24, 2.45) is 17.6 Å². The van der Waals surface area contributed by atoms with Gasteiger partial charge in [0.15, 0.2) is 0 Å². The first-order valence-corrected chi connectivity index (χ1v) is 8.00. The predicted octanol–water partition coefficient (Wildman–Crippen LogP) is 3.35. The average Bonchev–Trinajstić information content (AvgIpc) is 3.31. The molecule has 1 aromatic carbocycles. The van der Waals surface area contributed by atoms with E-state index in [1.807, 2.05) is 24.3 Å². The Labute approximate surface area is 138 Å². The fraction of sp³-hybridized carbons (Fsp3) is 0.588. The summed E-state index contributed by atoms with van der Waals surface area (Å²) in [5.74, 6) is 1.77. The molecule has 0 aromatic heterocycles. The Bertz CT molecular complexity index is 488. The summed E-state index contributed by atoms with van der Waals surface area (Å²) in [7, 11) is 0. The minimum Gasteiger partial charge on any atom is -0.493 e. The van der Waals surface area contributed by atoms with Crippen molar-refractivity contribution >= 4 is 24.0 Å². The Morgan fingerprint density at radius 1 is 1.18 bits per heavy atom. The molecule has 4 nitrogen and oxygen atoms in total. The van der Waals surface area contributed by atoms with E-state index in [2.05, 4.69) is 5.32 Å². The van der Waals surface area contributed by atoms with Crippen LogP contribution in [0.1, 0.15) is 38.5 Å². The highest BCUT2D eigenvalue weighted by molar-refractivity contribution is 5.92. The second-order valence-corrected chi connectivity index (χ2v) is 6.39. The highest BCUT2D eigenvalue weighted by Crippen LogP contribution is 2.30. The van der Waals surface area contributed by atoms with Gasteiger partial charge in [0, 0.05) is 17.6 Å². The Morgan fingerprint density at radius 3 is 2.55 bits per heavy atom. The van der Waals surface area contributed by atoms with Crippen LogP contribution in [0.5, 0.6) is 5.75 Å². The van der Waals surface area contributed by atoms with Crippen molar-refractivity contribution in [3.63, 3.8) is 0 Å². The lowest BCUT2D eigenvalue weighted by molar-refractivity contribution is -0.120. The molecule has 122 valence electrons. The summed E-state index contributed by atoms with van der Waals surface area (Å²) in [6, 6.07) is 7.83. The van der Waals surface area contributed by atoms with E-state index in [4.69, 9.17) is 10.5 Å². The molecule has 2 fully saturated rings. The highest BCUT2D eigenvalue weighted by Gasteiger charge is 2.25. The number of hydrogen-bond donors (Lipinski definition) is 2. The van der Waals surface area contributed by atoms with Crippen LogP contribution in [0.25, 0.3) is 0 Å². The number of rotatable bonds is 5. The third kappa shape index (κ3) is 4.89. The van der Waals surface area contributed by atoms with E-state index in [0.29, 0.717) is 0 Å². The van der Waals surface area contributed by atoms with Gasteiger partial charge in [0.1, 0.15) is 5.75 Å². The lowest BCUT2D eigenvalue weighted by Crippen LogP contribution is -2.34. The minimum absolute atomic E-state index is 0. The van der Waals surface area contributed by atoms with Crippen molar-refractivity contribution in [1.82, 2.24) is 0 Å². The van der Waals surface area contributed by atoms with E-state index in [1.165, 1.54) is 12.8 Å². The molecule has 5 heteroatoms. The molecule has 2 aliphatic rings. The van der Waals surface area contributed by atoms with Crippen molar-refractivity contribution in [2.45, 2.75) is 44.6 Å². The van der Waals surface area contributed by atoms with Crippen LogP contribution in [-0.4, -0.2) is 18.6 Å². The molecular formula is C17H25ClN2O2. The number of hydrogen-bond acceptors (Lipinski definition) is 3. The first kappa shape index (κ1) is 17.1. The molecule has 0 heterocycles. The van der Waals surface area contributed by atoms with E-state index in [-0.39, 0.29) is 30.3 Å². The number of ether oxygens (including phenoxy) is 1. The van der Waals surface area contributed by atoms with Gasteiger partial charge in [-0.15, -0.1) is 12.4 Å². The van der Waals surface area contributed by atoms with Crippen LogP contribution in [-0.2, 0) is 4.79 Å². The van der Waals surface area contributed by atoms with Crippen LogP contribution in [0.2, 0.25) is 0 Å². The van der Waals surface area contributed by atoms with Gasteiger partial charge < -0.3 is 15.8 Å². The lowest BCUT2D eigenvalue weighted by atomic mass is 9.85. The normalized spacial score (nSPS) is 24.2. The standard InChI is InChI=1S/C17H24N2O2.ClH/c18-14-3-1-2-13(10-14)17(20)19-15-6-8-16(9-7-15)21-11-12-4-5-12;/h6-9,12-14H,1-5,10-11,18H2,(H,19,20);1H. The summed E-state index contributed by atoms with van der Waals surface area (Å²) in [6.45, 7) is 0.811. The zero-order valence-electron chi connectivity index (χ0n) is 12.8. The monoisotopic (exact) mass is 324 g/mol. The van der Waals surface area contributed by atoms with Crippen LogP contribution in [0.15, 0.2) is 24.3 Å². The second-order valence-electron chi connectivity index (χ2n) is 6.39. The number of halogens is 1. The number of benzene rings is 1. The third-order valence-electron chi connectivity index (χ3n) is 4.39. The molecule has 0 bridgehead atoms. The number of carbonyl (C=O) groups is 1. The molecule has 0 spiro atoms. The quantitative estimate of drug-likeness (QED) is 0.873. The van der Waals surface area contributed by atoms with Crippen LogP contribution in [0, 0.1) is 11.8 Å². The van der Waals surface area contributed by atoms with Gasteiger partial charge in [-0.05, 0) is 62.3 Å². The molecule has 22 heavy (non-hydrogen) atoms. The summed E-state index contributed by atoms with van der Waals surface area (Å²) in [4.78, 5) is 12.2. The van der Waals surface area contributed by atoms with Crippen molar-refractivity contribution in [3.8, 4) is 5.75 Å². The maximum Gasteiger partial charge on any atom is 0.227 e. The zero-order valence-corrected chi connectivity index (χ0v) is 13.6. The van der Waals surface area contributed by atoms with Crippen LogP contribution < -0.4 is 15.8 Å². The van der Waals surface area contributed by atoms with Crippen molar-refractivity contribution in [2.75, 3.05) is 11.9 Å². The maximum atomic E-state index is 12.2. The van der Waals surface area contributed by atoms with Crippen LogP contribution >= 0.6 is 12.4 Å². The molecule has 0 aliphatic heterocycles. The lowest BCUT2D eigenvalue weighted by Gasteiger charge is -2.25.